The van der Waals surface area contributed by atoms with Gasteiger partial charge in [0.2, 0.25) is 0 Å². The van der Waals surface area contributed by atoms with E-state index in [-0.39, 0.29) is 18.3 Å². The fraction of sp³-hybridized carbons (Fsp3) is 0.231. The summed E-state index contributed by atoms with van der Waals surface area (Å²) in [6.07, 6.45) is 0. The third-order valence-electron chi connectivity index (χ3n) is 6.03. The number of fused-ring (bicyclic) bond motifs is 2. The number of carbonyl (C=O) groups excluding carboxylic acids is 2. The minimum absolute atomic E-state index is 0.220. The van der Waals surface area contributed by atoms with Crippen LogP contribution in [-0.4, -0.2) is 28.1 Å². The lowest BCUT2D eigenvalue weighted by molar-refractivity contribution is -0.123. The predicted molar refractivity (Wildman–Crippen MR) is 130 cm³/mol. The molecule has 0 saturated carbocycles. The van der Waals surface area contributed by atoms with Crippen LogP contribution in [0.1, 0.15) is 25.0 Å². The number of hydrogen-bond acceptors (Lipinski definition) is 3. The highest BCUT2D eigenvalue weighted by Crippen LogP contribution is 2.59. The molecule has 0 radical (unpaired) electrons. The highest BCUT2D eigenvalue weighted by Gasteiger charge is 2.63. The fourth-order valence-electron chi connectivity index (χ4n) is 4.61. The molecule has 3 aromatic carbocycles. The third kappa shape index (κ3) is 3.72. The number of amides is 3. The van der Waals surface area contributed by atoms with Crippen molar-refractivity contribution in [3.05, 3.63) is 95.6 Å². The van der Waals surface area contributed by atoms with Crippen LogP contribution in [0.25, 0.3) is 0 Å². The van der Waals surface area contributed by atoms with E-state index in [2.05, 4.69) is 5.32 Å². The maximum atomic E-state index is 14.1. The number of hydrogen-bond donors (Lipinski definition) is 1. The van der Waals surface area contributed by atoms with Gasteiger partial charge in [-0.2, -0.15) is 0 Å². The predicted octanol–water partition coefficient (Wildman–Crippen LogP) is 5.72. The van der Waals surface area contributed by atoms with Crippen molar-refractivity contribution in [1.82, 2.24) is 4.90 Å². The maximum Gasteiger partial charge on any atom is 0.323 e. The maximum absolute atomic E-state index is 14.1. The summed E-state index contributed by atoms with van der Waals surface area (Å²) in [7, 11) is 0. The van der Waals surface area contributed by atoms with Crippen molar-refractivity contribution in [1.29, 1.82) is 0 Å². The van der Waals surface area contributed by atoms with Crippen LogP contribution < -0.4 is 10.2 Å². The van der Waals surface area contributed by atoms with E-state index < -0.39 is 21.5 Å². The second kappa shape index (κ2) is 8.13. The van der Waals surface area contributed by atoms with E-state index in [0.29, 0.717) is 12.2 Å². The highest BCUT2D eigenvalue weighted by molar-refractivity contribution is 8.02. The first-order chi connectivity index (χ1) is 16.2. The van der Waals surface area contributed by atoms with Crippen molar-refractivity contribution >= 4 is 35.1 Å². The van der Waals surface area contributed by atoms with Crippen molar-refractivity contribution in [2.24, 2.45) is 0 Å². The Morgan fingerprint density at radius 1 is 0.971 bits per heavy atom. The van der Waals surface area contributed by atoms with E-state index in [9.17, 15) is 18.4 Å². The van der Waals surface area contributed by atoms with Crippen LogP contribution in [0, 0.1) is 11.6 Å². The first-order valence-corrected chi connectivity index (χ1v) is 11.7. The zero-order chi connectivity index (χ0) is 24.1. The van der Waals surface area contributed by atoms with Crippen LogP contribution in [0.15, 0.2) is 72.8 Å². The minimum atomic E-state index is -1.25. The first-order valence-electron chi connectivity index (χ1n) is 10.9. The molecule has 1 fully saturated rings. The Labute approximate surface area is 200 Å². The number of anilines is 2. The largest absolute Gasteiger partial charge is 0.323 e. The van der Waals surface area contributed by atoms with Gasteiger partial charge in [0, 0.05) is 22.5 Å². The molecule has 3 aromatic rings. The summed E-state index contributed by atoms with van der Waals surface area (Å²) in [6.45, 7) is 4.60. The number of thioether (sulfide) groups is 1. The van der Waals surface area contributed by atoms with E-state index in [1.807, 2.05) is 38.1 Å². The normalized spacial score (nSPS) is 20.6. The molecule has 0 aliphatic carbocycles. The van der Waals surface area contributed by atoms with Gasteiger partial charge < -0.3 is 10.2 Å². The lowest BCUT2D eigenvalue weighted by Crippen LogP contribution is -2.51. The molecule has 174 valence electrons. The zero-order valence-corrected chi connectivity index (χ0v) is 19.5. The van der Waals surface area contributed by atoms with Gasteiger partial charge in [-0.05, 0) is 61.9 Å². The Morgan fingerprint density at radius 2 is 1.59 bits per heavy atom. The molecular weight excluding hydrogens is 456 g/mol. The Kier molecular flexibility index (Phi) is 5.36. The Balaban J connectivity index is 1.55. The van der Waals surface area contributed by atoms with Crippen molar-refractivity contribution in [2.75, 3.05) is 16.8 Å². The molecule has 5 nitrogen and oxygen atoms in total. The quantitative estimate of drug-likeness (QED) is 0.523. The van der Waals surface area contributed by atoms with Crippen LogP contribution >= 0.6 is 11.8 Å². The molecule has 1 saturated heterocycles. The summed E-state index contributed by atoms with van der Waals surface area (Å²) in [5, 5.41) is 2.82. The van der Waals surface area contributed by atoms with Gasteiger partial charge in [0.05, 0.1) is 12.2 Å². The topological polar surface area (TPSA) is 52.7 Å². The highest BCUT2D eigenvalue weighted by atomic mass is 32.2. The van der Waals surface area contributed by atoms with Gasteiger partial charge in [0.1, 0.15) is 11.6 Å². The van der Waals surface area contributed by atoms with Crippen LogP contribution in [0.3, 0.4) is 0 Å². The van der Waals surface area contributed by atoms with Crippen molar-refractivity contribution < 1.29 is 18.4 Å². The van der Waals surface area contributed by atoms with E-state index in [1.165, 1.54) is 48.2 Å². The number of rotatable bonds is 3. The molecule has 2 aliphatic rings. The summed E-state index contributed by atoms with van der Waals surface area (Å²) in [5.41, 5.74) is 2.69. The Morgan fingerprint density at radius 3 is 2.26 bits per heavy atom. The lowest BCUT2D eigenvalue weighted by Gasteiger charge is -2.33. The summed E-state index contributed by atoms with van der Waals surface area (Å²) < 4.78 is 26.4. The van der Waals surface area contributed by atoms with E-state index in [1.54, 1.807) is 21.9 Å². The Bertz CT molecular complexity index is 1260. The van der Waals surface area contributed by atoms with E-state index in [4.69, 9.17) is 0 Å². The molecule has 2 heterocycles. The molecule has 8 heteroatoms. The monoisotopic (exact) mass is 479 g/mol. The second-order valence-electron chi connectivity index (χ2n) is 9.06. The van der Waals surface area contributed by atoms with Crippen LogP contribution in [0.5, 0.6) is 0 Å². The SMILES string of the molecule is CC1(C)CN(C(=O)Nc2ccc(F)cc2)C2(S1)C(=O)N(Cc1ccc(F)cc1)c1ccccc12. The average Bonchev–Trinajstić information content (AvgIpc) is 3.23. The van der Waals surface area contributed by atoms with Gasteiger partial charge in [0.25, 0.3) is 5.91 Å². The van der Waals surface area contributed by atoms with Gasteiger partial charge in [-0.3, -0.25) is 9.69 Å². The third-order valence-corrected chi connectivity index (χ3v) is 7.62. The van der Waals surface area contributed by atoms with Gasteiger partial charge >= 0.3 is 6.03 Å². The smallest absolute Gasteiger partial charge is 0.308 e. The number of carbonyl (C=O) groups is 2. The van der Waals surface area contributed by atoms with Gasteiger partial charge in [-0.15, -0.1) is 11.8 Å². The number of nitrogens with zero attached hydrogens (tertiary/aromatic N) is 2. The second-order valence-corrected chi connectivity index (χ2v) is 11.0. The molecule has 3 amide bonds. The first kappa shape index (κ1) is 22.4. The Hall–Kier alpha value is -3.39. The summed E-state index contributed by atoms with van der Waals surface area (Å²) in [5.74, 6) is -0.961. The molecule has 1 atom stereocenters. The van der Waals surface area contributed by atoms with Crippen LogP contribution in [0.2, 0.25) is 0 Å². The molecular formula is C26H23F2N3O2S. The van der Waals surface area contributed by atoms with Crippen molar-refractivity contribution in [3.63, 3.8) is 0 Å². The van der Waals surface area contributed by atoms with Crippen LogP contribution in [-0.2, 0) is 16.2 Å². The summed E-state index contributed by atoms with van der Waals surface area (Å²) in [4.78, 5) is 29.6. The standard InChI is InChI=1S/C26H23F2N3O2S/c1-25(2)16-31(24(33)29-20-13-11-19(28)12-14-20)26(34-25)21-5-3-4-6-22(21)30(23(26)32)15-17-7-9-18(27)10-8-17/h3-14H,15-16H2,1-2H3,(H,29,33). The molecule has 5 rings (SSSR count). The molecule has 34 heavy (non-hydrogen) atoms. The summed E-state index contributed by atoms with van der Waals surface area (Å²) in [6, 6.07) is 18.6. The van der Waals surface area contributed by atoms with Crippen LogP contribution in [0.4, 0.5) is 25.0 Å². The van der Waals surface area contributed by atoms with E-state index in [0.717, 1.165) is 16.8 Å². The number of benzene rings is 3. The van der Waals surface area contributed by atoms with Gasteiger partial charge in [-0.25, -0.2) is 13.6 Å². The number of para-hydroxylation sites is 1. The zero-order valence-electron chi connectivity index (χ0n) is 18.7. The minimum Gasteiger partial charge on any atom is -0.308 e. The molecule has 0 aromatic heterocycles. The number of urea groups is 1. The molecule has 2 aliphatic heterocycles. The summed E-state index contributed by atoms with van der Waals surface area (Å²) >= 11 is 1.45. The lowest BCUT2D eigenvalue weighted by atomic mass is 10.1. The number of nitrogens with one attached hydrogen (secondary N) is 1. The van der Waals surface area contributed by atoms with Crippen molar-refractivity contribution in [2.45, 2.75) is 30.0 Å². The van der Waals surface area contributed by atoms with Gasteiger partial charge in [-0.1, -0.05) is 30.3 Å². The van der Waals surface area contributed by atoms with E-state index >= 15 is 0 Å². The molecule has 0 bridgehead atoms. The number of halogens is 2. The molecule has 1 N–H and O–H groups in total. The fourth-order valence-corrected chi connectivity index (χ4v) is 6.34. The molecule has 1 spiro atoms. The van der Waals surface area contributed by atoms with Crippen molar-refractivity contribution in [3.8, 4) is 0 Å². The average molecular weight is 480 g/mol. The van der Waals surface area contributed by atoms with Gasteiger partial charge in [0.15, 0.2) is 4.87 Å². The molecule has 1 unspecified atom stereocenters.